The van der Waals surface area contributed by atoms with E-state index in [9.17, 15) is 0 Å². The van der Waals surface area contributed by atoms with E-state index in [4.69, 9.17) is 0 Å². The topological polar surface area (TPSA) is 4.93 Å². The minimum Gasteiger partial charge on any atom is -0.309 e. The summed E-state index contributed by atoms with van der Waals surface area (Å²) in [5.74, 6) is 0. The zero-order valence-corrected chi connectivity index (χ0v) is 18.1. The van der Waals surface area contributed by atoms with E-state index in [1.54, 1.807) is 0 Å². The van der Waals surface area contributed by atoms with E-state index in [2.05, 4.69) is 118 Å². The maximum absolute atomic E-state index is 3.52. The van der Waals surface area contributed by atoms with Gasteiger partial charge in [-0.1, -0.05) is 82.7 Å². The van der Waals surface area contributed by atoms with Crippen molar-refractivity contribution in [3.05, 3.63) is 107 Å². The van der Waals surface area contributed by atoms with Gasteiger partial charge in [0.05, 0.1) is 11.0 Å². The van der Waals surface area contributed by atoms with Gasteiger partial charge in [0, 0.05) is 20.9 Å². The fourth-order valence-corrected chi connectivity index (χ4v) is 4.98. The van der Waals surface area contributed by atoms with Gasteiger partial charge in [0.1, 0.15) is 0 Å². The summed E-state index contributed by atoms with van der Waals surface area (Å²) in [6, 6.07) is 30.8. The lowest BCUT2D eigenvalue weighted by molar-refractivity contribution is 0.984. The number of rotatable bonds is 2. The molecule has 1 aliphatic carbocycles. The molecule has 0 aliphatic heterocycles. The first-order chi connectivity index (χ1) is 14.8. The summed E-state index contributed by atoms with van der Waals surface area (Å²) >= 11 is 3.52. The molecular weight excluding hydrogens is 430 g/mol. The van der Waals surface area contributed by atoms with Crippen molar-refractivity contribution in [1.82, 2.24) is 4.57 Å². The van der Waals surface area contributed by atoms with Gasteiger partial charge < -0.3 is 4.57 Å². The maximum atomic E-state index is 3.52. The van der Waals surface area contributed by atoms with Crippen LogP contribution in [0.3, 0.4) is 0 Å². The Kier molecular flexibility index (Phi) is 4.14. The molecule has 30 heavy (non-hydrogen) atoms. The predicted molar refractivity (Wildman–Crippen MR) is 131 cm³/mol. The molecule has 0 N–H and O–H groups in total. The molecule has 0 spiro atoms. The molecule has 0 amide bonds. The number of fused-ring (bicyclic) bond motifs is 5. The van der Waals surface area contributed by atoms with E-state index in [1.807, 2.05) is 0 Å². The largest absolute Gasteiger partial charge is 0.309 e. The van der Waals surface area contributed by atoms with E-state index in [-0.39, 0.29) is 0 Å². The molecule has 0 saturated heterocycles. The highest BCUT2D eigenvalue weighted by Gasteiger charge is 2.18. The van der Waals surface area contributed by atoms with Crippen molar-refractivity contribution < 1.29 is 0 Å². The van der Waals surface area contributed by atoms with Crippen molar-refractivity contribution in [2.45, 2.75) is 12.8 Å². The van der Waals surface area contributed by atoms with Crippen LogP contribution in [0.2, 0.25) is 0 Å². The minimum atomic E-state index is 1.09. The first-order valence-electron chi connectivity index (χ1n) is 10.4. The summed E-state index contributed by atoms with van der Waals surface area (Å²) in [5, 5.41) is 2.67. The Morgan fingerprint density at radius 1 is 0.700 bits per heavy atom. The molecular formula is C28H20BrN. The Morgan fingerprint density at radius 2 is 1.43 bits per heavy atom. The van der Waals surface area contributed by atoms with E-state index >= 15 is 0 Å². The Balaban J connectivity index is 1.59. The molecule has 1 aliphatic rings. The van der Waals surface area contributed by atoms with Crippen molar-refractivity contribution >= 4 is 43.8 Å². The molecule has 2 heteroatoms. The van der Waals surface area contributed by atoms with Crippen molar-refractivity contribution in [3.63, 3.8) is 0 Å². The lowest BCUT2D eigenvalue weighted by Crippen LogP contribution is -2.01. The highest BCUT2D eigenvalue weighted by atomic mass is 79.9. The quantitative estimate of drug-likeness (QED) is 0.256. The zero-order valence-electron chi connectivity index (χ0n) is 16.5. The Hall–Kier alpha value is -3.10. The SMILES string of the molecule is Brc1ccc(-c2ccc(-n3c4ccccc4c4ccc5c(c43)CCC=C5)cc2)cc1. The first kappa shape index (κ1) is 17.7. The van der Waals surface area contributed by atoms with Gasteiger partial charge in [-0.15, -0.1) is 0 Å². The molecule has 4 aromatic carbocycles. The van der Waals surface area contributed by atoms with Gasteiger partial charge in [0.15, 0.2) is 0 Å². The molecule has 1 nitrogen and oxygen atoms in total. The van der Waals surface area contributed by atoms with Gasteiger partial charge in [0.2, 0.25) is 0 Å². The normalized spacial score (nSPS) is 13.1. The van der Waals surface area contributed by atoms with Crippen LogP contribution in [0, 0.1) is 0 Å². The third-order valence-corrected chi connectivity index (χ3v) is 6.67. The fraction of sp³-hybridized carbons (Fsp3) is 0.0714. The zero-order chi connectivity index (χ0) is 20.1. The average molecular weight is 450 g/mol. The Labute approximate surface area is 184 Å². The molecule has 0 fully saturated rings. The second kappa shape index (κ2) is 7.00. The molecule has 5 aromatic rings. The monoisotopic (exact) mass is 449 g/mol. The number of allylic oxidation sites excluding steroid dienone is 1. The fourth-order valence-electron chi connectivity index (χ4n) is 4.71. The van der Waals surface area contributed by atoms with E-state index in [0.29, 0.717) is 0 Å². The lowest BCUT2D eigenvalue weighted by Gasteiger charge is -2.16. The number of halogens is 1. The van der Waals surface area contributed by atoms with Crippen molar-refractivity contribution in [2.24, 2.45) is 0 Å². The summed E-state index contributed by atoms with van der Waals surface area (Å²) in [6.45, 7) is 0. The summed E-state index contributed by atoms with van der Waals surface area (Å²) in [4.78, 5) is 0. The number of aromatic nitrogens is 1. The molecule has 0 radical (unpaired) electrons. The lowest BCUT2D eigenvalue weighted by atomic mass is 9.94. The third kappa shape index (κ3) is 2.75. The van der Waals surface area contributed by atoms with Crippen LogP contribution in [0.4, 0.5) is 0 Å². The van der Waals surface area contributed by atoms with Crippen LogP contribution >= 0.6 is 15.9 Å². The highest BCUT2D eigenvalue weighted by Crippen LogP contribution is 2.37. The second-order valence-electron chi connectivity index (χ2n) is 7.88. The standard InChI is InChI=1S/C28H20BrN/c29-22-14-9-19(10-15-22)20-11-16-23(17-12-20)30-27-8-4-3-7-25(27)26-18-13-21-5-1-2-6-24(21)28(26)30/h1,3-5,7-18H,2,6H2. The van der Waals surface area contributed by atoms with Crippen molar-refractivity contribution in [2.75, 3.05) is 0 Å². The molecule has 1 heterocycles. The van der Waals surface area contributed by atoms with Crippen LogP contribution in [0.5, 0.6) is 0 Å². The molecule has 1 aromatic heterocycles. The third-order valence-electron chi connectivity index (χ3n) is 6.14. The van der Waals surface area contributed by atoms with Gasteiger partial charge in [-0.05, 0) is 65.4 Å². The van der Waals surface area contributed by atoms with Crippen LogP contribution in [0.25, 0.3) is 44.7 Å². The van der Waals surface area contributed by atoms with Crippen LogP contribution in [0.1, 0.15) is 17.5 Å². The van der Waals surface area contributed by atoms with E-state index < -0.39 is 0 Å². The average Bonchev–Trinajstić information content (AvgIpc) is 3.15. The van der Waals surface area contributed by atoms with Crippen LogP contribution in [0.15, 0.2) is 95.5 Å². The van der Waals surface area contributed by atoms with Gasteiger partial charge in [-0.2, -0.15) is 0 Å². The molecule has 0 unspecified atom stereocenters. The number of benzene rings is 4. The van der Waals surface area contributed by atoms with Crippen LogP contribution in [-0.2, 0) is 6.42 Å². The summed E-state index contributed by atoms with van der Waals surface area (Å²) in [5.41, 5.74) is 9.12. The summed E-state index contributed by atoms with van der Waals surface area (Å²) in [7, 11) is 0. The Morgan fingerprint density at radius 3 is 2.23 bits per heavy atom. The number of hydrogen-bond donors (Lipinski definition) is 0. The number of nitrogens with zero attached hydrogens (tertiary/aromatic N) is 1. The molecule has 6 rings (SSSR count). The molecule has 0 saturated carbocycles. The predicted octanol–water partition coefficient (Wildman–Crippen LogP) is 8.17. The van der Waals surface area contributed by atoms with Gasteiger partial charge in [-0.25, -0.2) is 0 Å². The molecule has 0 bridgehead atoms. The first-order valence-corrected chi connectivity index (χ1v) is 11.2. The van der Waals surface area contributed by atoms with Crippen molar-refractivity contribution in [1.29, 1.82) is 0 Å². The smallest absolute Gasteiger partial charge is 0.0579 e. The van der Waals surface area contributed by atoms with Gasteiger partial charge in [-0.3, -0.25) is 0 Å². The Bertz CT molecular complexity index is 1420. The van der Waals surface area contributed by atoms with E-state index in [0.717, 1.165) is 17.3 Å². The number of hydrogen-bond acceptors (Lipinski definition) is 0. The maximum Gasteiger partial charge on any atom is 0.0579 e. The van der Waals surface area contributed by atoms with Crippen LogP contribution in [-0.4, -0.2) is 4.57 Å². The van der Waals surface area contributed by atoms with Crippen LogP contribution < -0.4 is 0 Å². The summed E-state index contributed by atoms with van der Waals surface area (Å²) in [6.07, 6.45) is 6.76. The molecule has 144 valence electrons. The minimum absolute atomic E-state index is 1.09. The number of para-hydroxylation sites is 1. The number of aryl methyl sites for hydroxylation is 1. The van der Waals surface area contributed by atoms with Gasteiger partial charge >= 0.3 is 0 Å². The van der Waals surface area contributed by atoms with Gasteiger partial charge in [0.25, 0.3) is 0 Å². The van der Waals surface area contributed by atoms with Crippen molar-refractivity contribution in [3.8, 4) is 16.8 Å². The summed E-state index contributed by atoms with van der Waals surface area (Å²) < 4.78 is 3.56. The van der Waals surface area contributed by atoms with E-state index in [1.165, 1.54) is 49.7 Å². The highest BCUT2D eigenvalue weighted by molar-refractivity contribution is 9.10. The molecule has 0 atom stereocenters. The second-order valence-corrected chi connectivity index (χ2v) is 8.79.